The molecule has 0 unspecified atom stereocenters. The van der Waals surface area contributed by atoms with Gasteiger partial charge in [0.05, 0.1) is 23.6 Å². The topological polar surface area (TPSA) is 84.1 Å². The lowest BCUT2D eigenvalue weighted by atomic mass is 9.68. The summed E-state index contributed by atoms with van der Waals surface area (Å²) in [6.07, 6.45) is 14.4. The van der Waals surface area contributed by atoms with Crippen LogP contribution >= 0.6 is 0 Å². The number of aromatic nitrogens is 5. The molecule has 1 N–H and O–H groups in total. The van der Waals surface area contributed by atoms with Gasteiger partial charge in [0.2, 0.25) is 5.91 Å². The molecule has 1 amide bonds. The van der Waals surface area contributed by atoms with Crippen molar-refractivity contribution in [1.29, 1.82) is 0 Å². The van der Waals surface area contributed by atoms with Gasteiger partial charge in [-0.2, -0.15) is 10.2 Å². The Bertz CT molecular complexity index is 1660. The van der Waals surface area contributed by atoms with Crippen LogP contribution in [-0.2, 0) is 24.8 Å². The molecule has 3 aliphatic heterocycles. The first-order valence-corrected chi connectivity index (χ1v) is 16.2. The van der Waals surface area contributed by atoms with Gasteiger partial charge in [-0.15, -0.1) is 0 Å². The summed E-state index contributed by atoms with van der Waals surface area (Å²) in [5, 5.41) is 15.5. The third kappa shape index (κ3) is 4.77. The summed E-state index contributed by atoms with van der Waals surface area (Å²) >= 11 is 0. The van der Waals surface area contributed by atoms with Crippen LogP contribution in [-0.4, -0.2) is 79.0 Å². The Kier molecular flexibility index (Phi) is 6.63. The van der Waals surface area contributed by atoms with Crippen molar-refractivity contribution in [3.63, 3.8) is 0 Å². The number of rotatable bonds is 4. The van der Waals surface area contributed by atoms with E-state index in [2.05, 4.69) is 44.3 Å². The van der Waals surface area contributed by atoms with Crippen LogP contribution in [0.15, 0.2) is 42.9 Å². The van der Waals surface area contributed by atoms with Gasteiger partial charge in [-0.1, -0.05) is 18.2 Å². The van der Waals surface area contributed by atoms with E-state index in [-0.39, 0.29) is 5.91 Å². The summed E-state index contributed by atoms with van der Waals surface area (Å²) in [6, 6.07) is 9.73. The minimum absolute atomic E-state index is 0.130. The molecule has 1 saturated carbocycles. The second-order valence-corrected chi connectivity index (χ2v) is 13.5. The number of amides is 1. The lowest BCUT2D eigenvalue weighted by molar-refractivity contribution is -0.129. The number of benzene rings is 1. The van der Waals surface area contributed by atoms with Gasteiger partial charge in [0, 0.05) is 106 Å². The van der Waals surface area contributed by atoms with E-state index >= 15 is 0 Å². The molecule has 3 aromatic heterocycles. The Hall–Kier alpha value is -3.56. The Labute approximate surface area is 253 Å². The lowest BCUT2D eigenvalue weighted by Gasteiger charge is -2.50. The number of fused-ring (bicyclic) bond motifs is 2. The maximum Gasteiger partial charge on any atom is 0.219 e. The highest BCUT2D eigenvalue weighted by Crippen LogP contribution is 2.42. The molecule has 1 aromatic carbocycles. The van der Waals surface area contributed by atoms with Crippen molar-refractivity contribution in [3.8, 4) is 22.5 Å². The van der Waals surface area contributed by atoms with E-state index in [0.717, 1.165) is 78.2 Å². The fourth-order valence-electron chi connectivity index (χ4n) is 8.23. The van der Waals surface area contributed by atoms with Crippen LogP contribution in [0, 0.1) is 5.41 Å². The summed E-state index contributed by atoms with van der Waals surface area (Å²) in [5.41, 5.74) is 7.17. The van der Waals surface area contributed by atoms with Crippen LogP contribution in [0.4, 0.5) is 0 Å². The summed E-state index contributed by atoms with van der Waals surface area (Å²) in [4.78, 5) is 22.1. The molecule has 4 aliphatic rings. The first-order valence-electron chi connectivity index (χ1n) is 16.2. The quantitative estimate of drug-likeness (QED) is 0.382. The van der Waals surface area contributed by atoms with Crippen molar-refractivity contribution in [3.05, 3.63) is 54.1 Å². The molecule has 3 fully saturated rings. The molecular weight excluding hydrogens is 536 g/mol. The second kappa shape index (κ2) is 10.6. The van der Waals surface area contributed by atoms with Gasteiger partial charge in [-0.25, -0.2) is 0 Å². The predicted molar refractivity (Wildman–Crippen MR) is 167 cm³/mol. The molecule has 0 bridgehead atoms. The van der Waals surface area contributed by atoms with Gasteiger partial charge >= 0.3 is 0 Å². The normalized spacial score (nSPS) is 21.3. The van der Waals surface area contributed by atoms with E-state index in [1.54, 1.807) is 11.6 Å². The molecule has 0 atom stereocenters. The Balaban J connectivity index is 1.09. The molecule has 2 saturated heterocycles. The number of hydrogen-bond acceptors (Lipinski definition) is 6. The number of likely N-dealkylation sites (tertiary alicyclic amines) is 1. The fraction of sp³-hybridized carbons (Fsp3) is 0.529. The van der Waals surface area contributed by atoms with Crippen LogP contribution in [0.25, 0.3) is 33.3 Å². The highest BCUT2D eigenvalue weighted by molar-refractivity contribution is 5.97. The molecule has 8 rings (SSSR count). The fourth-order valence-corrected chi connectivity index (χ4v) is 8.23. The van der Waals surface area contributed by atoms with Crippen molar-refractivity contribution < 1.29 is 4.79 Å². The number of piperidine rings is 1. The van der Waals surface area contributed by atoms with Gasteiger partial charge < -0.3 is 15.1 Å². The summed E-state index contributed by atoms with van der Waals surface area (Å²) in [5.74, 6) is 0.130. The van der Waals surface area contributed by atoms with E-state index in [9.17, 15) is 4.79 Å². The maximum absolute atomic E-state index is 12.5. The average Bonchev–Trinajstić information content (AvgIpc) is 3.63. The number of carbonyl (C=O) groups excluding carboxylic acids is 1. The first kappa shape index (κ1) is 27.0. The van der Waals surface area contributed by atoms with Crippen LogP contribution in [0.1, 0.15) is 62.7 Å². The molecule has 224 valence electrons. The third-order valence-electron chi connectivity index (χ3n) is 10.9. The number of carbonyl (C=O) groups is 1. The van der Waals surface area contributed by atoms with E-state index in [1.165, 1.54) is 50.0 Å². The number of pyridine rings is 1. The first-order chi connectivity index (χ1) is 21.0. The zero-order chi connectivity index (χ0) is 29.1. The van der Waals surface area contributed by atoms with Crippen molar-refractivity contribution in [2.75, 3.05) is 32.7 Å². The van der Waals surface area contributed by atoms with Gasteiger partial charge in [0.25, 0.3) is 0 Å². The van der Waals surface area contributed by atoms with Crippen LogP contribution in [0.2, 0.25) is 0 Å². The summed E-state index contributed by atoms with van der Waals surface area (Å²) in [7, 11) is 1.92. The zero-order valence-electron chi connectivity index (χ0n) is 25.4. The number of nitrogens with zero attached hydrogens (tertiary/aromatic N) is 7. The molecule has 4 aromatic rings. The highest BCUT2D eigenvalue weighted by atomic mass is 16.2. The Morgan fingerprint density at radius 1 is 1.02 bits per heavy atom. The van der Waals surface area contributed by atoms with Gasteiger partial charge in [-0.05, 0) is 55.4 Å². The Morgan fingerprint density at radius 3 is 2.53 bits per heavy atom. The zero-order valence-corrected chi connectivity index (χ0v) is 25.4. The van der Waals surface area contributed by atoms with E-state index in [1.807, 2.05) is 30.5 Å². The van der Waals surface area contributed by atoms with Crippen LogP contribution in [0.5, 0.6) is 0 Å². The third-order valence-corrected chi connectivity index (χ3v) is 10.9. The smallest absolute Gasteiger partial charge is 0.219 e. The van der Waals surface area contributed by atoms with Crippen molar-refractivity contribution in [2.45, 2.75) is 70.5 Å². The largest absolute Gasteiger partial charge is 0.338 e. The van der Waals surface area contributed by atoms with Crippen molar-refractivity contribution in [2.24, 2.45) is 12.5 Å². The number of hydrogen-bond donors (Lipinski definition) is 1. The van der Waals surface area contributed by atoms with Crippen molar-refractivity contribution >= 4 is 16.7 Å². The lowest BCUT2D eigenvalue weighted by Crippen LogP contribution is -2.57. The standard InChI is InChI=1S/C34H42N8O/c1-23(43)41-15-10-32-30(20-41)33(28-5-3-4-24-16-31(36-18-29(24)28)25-17-37-39(2)19-25)38-42(32)27-8-13-40(14-9-27)26-6-11-34(12-7-26)21-35-22-34/h3-5,16-19,26-27,35H,6-15,20-22H2,1-2H3. The predicted octanol–water partition coefficient (Wildman–Crippen LogP) is 4.57. The van der Waals surface area contributed by atoms with E-state index in [0.29, 0.717) is 18.0 Å². The molecule has 1 aliphatic carbocycles. The van der Waals surface area contributed by atoms with Crippen LogP contribution < -0.4 is 5.32 Å². The monoisotopic (exact) mass is 578 g/mol. The van der Waals surface area contributed by atoms with Gasteiger partial charge in [0.1, 0.15) is 0 Å². The molecule has 0 radical (unpaired) electrons. The maximum atomic E-state index is 12.5. The van der Waals surface area contributed by atoms with Gasteiger partial charge in [0.15, 0.2) is 0 Å². The summed E-state index contributed by atoms with van der Waals surface area (Å²) in [6.45, 7) is 7.83. The van der Waals surface area contributed by atoms with Gasteiger partial charge in [-0.3, -0.25) is 19.1 Å². The van der Waals surface area contributed by atoms with Crippen LogP contribution in [0.3, 0.4) is 0 Å². The molecule has 9 heteroatoms. The Morgan fingerprint density at radius 2 is 1.84 bits per heavy atom. The SMILES string of the molecule is CC(=O)N1CCc2c(c(-c3cccc4cc(-c5cnn(C)c5)ncc34)nn2C2CCN(C3CCC4(CC3)CNC4)CC2)C1. The highest BCUT2D eigenvalue weighted by Gasteiger charge is 2.42. The summed E-state index contributed by atoms with van der Waals surface area (Å²) < 4.78 is 4.17. The van der Waals surface area contributed by atoms with E-state index < -0.39 is 0 Å². The molecule has 6 heterocycles. The average molecular weight is 579 g/mol. The second-order valence-electron chi connectivity index (χ2n) is 13.5. The van der Waals surface area contributed by atoms with Crippen molar-refractivity contribution in [1.82, 2.24) is 39.7 Å². The molecule has 43 heavy (non-hydrogen) atoms. The molecule has 9 nitrogen and oxygen atoms in total. The number of aryl methyl sites for hydroxylation is 1. The van der Waals surface area contributed by atoms with E-state index in [4.69, 9.17) is 10.1 Å². The minimum Gasteiger partial charge on any atom is -0.338 e. The molecular formula is C34H42N8O. The minimum atomic E-state index is 0.130. The molecule has 1 spiro atoms. The number of nitrogens with one attached hydrogen (secondary N) is 1.